The molecule has 5 aromatic rings. The van der Waals surface area contributed by atoms with Crippen LogP contribution in [0.3, 0.4) is 0 Å². The molecule has 2 aromatic carbocycles. The zero-order valence-electron chi connectivity index (χ0n) is 20.3. The first-order chi connectivity index (χ1) is 18.7. The molecule has 198 valence electrons. The molecule has 3 heterocycles. The van der Waals surface area contributed by atoms with Crippen molar-refractivity contribution in [3.8, 4) is 0 Å². The molecule has 1 unspecified atom stereocenters. The summed E-state index contributed by atoms with van der Waals surface area (Å²) in [5, 5.41) is 7.14. The summed E-state index contributed by atoms with van der Waals surface area (Å²) in [6, 6.07) is 9.74. The summed E-state index contributed by atoms with van der Waals surface area (Å²) in [6.07, 6.45) is 0.120. The van der Waals surface area contributed by atoms with Gasteiger partial charge in [0.25, 0.3) is 5.91 Å². The van der Waals surface area contributed by atoms with Crippen molar-refractivity contribution < 1.29 is 22.8 Å². The Balaban J connectivity index is 1.46. The Bertz CT molecular complexity index is 1640. The largest absolute Gasteiger partial charge is 0.416 e. The van der Waals surface area contributed by atoms with E-state index in [-0.39, 0.29) is 29.7 Å². The molecule has 0 aliphatic carbocycles. The SMILES string of the molecule is CC(C(=O)Nc1nc2cc(NC(=O)c3cscn3)ccc2n1Cc1cnccn1)c1cccc(C(F)(F)F)c1. The number of amides is 2. The average Bonchev–Trinajstić information content (AvgIpc) is 3.57. The van der Waals surface area contributed by atoms with Crippen LogP contribution < -0.4 is 10.6 Å². The van der Waals surface area contributed by atoms with Crippen LogP contribution in [0.1, 0.15) is 40.2 Å². The fraction of sp³-hybridized carbons (Fsp3) is 0.154. The van der Waals surface area contributed by atoms with Crippen molar-refractivity contribution in [2.24, 2.45) is 0 Å². The predicted octanol–water partition coefficient (Wildman–Crippen LogP) is 5.34. The van der Waals surface area contributed by atoms with Gasteiger partial charge in [-0.05, 0) is 36.8 Å². The highest BCUT2D eigenvalue weighted by Crippen LogP contribution is 2.32. The standard InChI is InChI=1S/C26H20F3N7O2S/c1-15(16-3-2-4-17(9-16)26(27,28)29)23(37)35-25-34-20-10-18(33-24(38)21-13-39-14-32-21)5-6-22(20)36(25)12-19-11-30-7-8-31-19/h2-11,13-15H,12H2,1H3,(H,33,38)(H,34,35,37). The lowest BCUT2D eigenvalue weighted by atomic mass is 9.98. The number of carbonyl (C=O) groups excluding carboxylic acids is 2. The minimum atomic E-state index is -4.52. The van der Waals surface area contributed by atoms with Gasteiger partial charge in [0.15, 0.2) is 0 Å². The summed E-state index contributed by atoms with van der Waals surface area (Å²) in [5.74, 6) is -1.65. The summed E-state index contributed by atoms with van der Waals surface area (Å²) in [6.45, 7) is 1.73. The summed E-state index contributed by atoms with van der Waals surface area (Å²) >= 11 is 1.30. The average molecular weight is 552 g/mol. The van der Waals surface area contributed by atoms with E-state index in [0.717, 1.165) is 12.1 Å². The predicted molar refractivity (Wildman–Crippen MR) is 139 cm³/mol. The molecule has 0 bridgehead atoms. The summed E-state index contributed by atoms with van der Waals surface area (Å²) in [5.41, 5.74) is 3.39. The number of carbonyl (C=O) groups is 2. The molecule has 0 radical (unpaired) electrons. The molecule has 3 aromatic heterocycles. The van der Waals surface area contributed by atoms with Crippen LogP contribution in [0.5, 0.6) is 0 Å². The molecule has 0 aliphatic rings. The molecular formula is C26H20F3N7O2S. The van der Waals surface area contributed by atoms with Crippen molar-refractivity contribution >= 4 is 45.8 Å². The maximum Gasteiger partial charge on any atom is 0.416 e. The van der Waals surface area contributed by atoms with Gasteiger partial charge in [0.1, 0.15) is 5.69 Å². The fourth-order valence-electron chi connectivity index (χ4n) is 3.91. The third kappa shape index (κ3) is 5.77. The van der Waals surface area contributed by atoms with Gasteiger partial charge < -0.3 is 9.88 Å². The second kappa shape index (κ2) is 10.6. The first-order valence-electron chi connectivity index (χ1n) is 11.6. The van der Waals surface area contributed by atoms with Crippen LogP contribution in [0.2, 0.25) is 0 Å². The number of benzene rings is 2. The van der Waals surface area contributed by atoms with Gasteiger partial charge in [-0.15, -0.1) is 11.3 Å². The van der Waals surface area contributed by atoms with E-state index in [1.165, 1.54) is 42.8 Å². The number of alkyl halides is 3. The molecule has 2 amide bonds. The zero-order chi connectivity index (χ0) is 27.6. The molecular weight excluding hydrogens is 531 g/mol. The van der Waals surface area contributed by atoms with Crippen LogP contribution in [-0.2, 0) is 17.5 Å². The molecule has 9 nitrogen and oxygen atoms in total. The van der Waals surface area contributed by atoms with Crippen LogP contribution in [0.15, 0.2) is 71.9 Å². The lowest BCUT2D eigenvalue weighted by molar-refractivity contribution is -0.137. The number of nitrogens with one attached hydrogen (secondary N) is 2. The van der Waals surface area contributed by atoms with Gasteiger partial charge in [-0.3, -0.25) is 24.9 Å². The summed E-state index contributed by atoms with van der Waals surface area (Å²) in [4.78, 5) is 42.5. The highest BCUT2D eigenvalue weighted by Gasteiger charge is 2.31. The number of nitrogens with zero attached hydrogens (tertiary/aromatic N) is 5. The second-order valence-electron chi connectivity index (χ2n) is 8.58. The van der Waals surface area contributed by atoms with Crippen molar-refractivity contribution in [2.75, 3.05) is 10.6 Å². The second-order valence-corrected chi connectivity index (χ2v) is 9.30. The van der Waals surface area contributed by atoms with Gasteiger partial charge in [0.2, 0.25) is 11.9 Å². The number of rotatable bonds is 7. The van der Waals surface area contributed by atoms with Crippen molar-refractivity contribution in [2.45, 2.75) is 25.6 Å². The van der Waals surface area contributed by atoms with Crippen molar-refractivity contribution in [3.63, 3.8) is 0 Å². The smallest absolute Gasteiger partial charge is 0.321 e. The first-order valence-corrected chi connectivity index (χ1v) is 12.6. The van der Waals surface area contributed by atoms with E-state index in [9.17, 15) is 22.8 Å². The van der Waals surface area contributed by atoms with Gasteiger partial charge in [0, 0.05) is 23.5 Å². The lowest BCUT2D eigenvalue weighted by Gasteiger charge is -2.15. The Hall–Kier alpha value is -4.65. The van der Waals surface area contributed by atoms with Gasteiger partial charge in [-0.25, -0.2) is 9.97 Å². The molecule has 0 saturated carbocycles. The lowest BCUT2D eigenvalue weighted by Crippen LogP contribution is -2.22. The Morgan fingerprint density at radius 3 is 2.64 bits per heavy atom. The molecule has 1 atom stereocenters. The number of imidazole rings is 1. The van der Waals surface area contributed by atoms with E-state index in [1.54, 1.807) is 39.9 Å². The summed E-state index contributed by atoms with van der Waals surface area (Å²) in [7, 11) is 0. The van der Waals surface area contributed by atoms with E-state index in [1.807, 2.05) is 0 Å². The molecule has 5 rings (SSSR count). The minimum Gasteiger partial charge on any atom is -0.321 e. The van der Waals surface area contributed by atoms with Gasteiger partial charge in [0.05, 0.1) is 46.5 Å². The third-order valence-corrected chi connectivity index (χ3v) is 6.54. The first kappa shape index (κ1) is 26.0. The molecule has 0 saturated heterocycles. The quantitative estimate of drug-likeness (QED) is 0.282. The zero-order valence-corrected chi connectivity index (χ0v) is 21.1. The molecule has 0 fully saturated rings. The van der Waals surface area contributed by atoms with Crippen molar-refractivity contribution in [1.82, 2.24) is 24.5 Å². The number of aromatic nitrogens is 5. The maximum absolute atomic E-state index is 13.2. The summed E-state index contributed by atoms with van der Waals surface area (Å²) < 4.78 is 41.3. The van der Waals surface area contributed by atoms with E-state index < -0.39 is 23.6 Å². The number of thiazole rings is 1. The highest BCUT2D eigenvalue weighted by atomic mass is 32.1. The Morgan fingerprint density at radius 1 is 1.08 bits per heavy atom. The topological polar surface area (TPSA) is 115 Å². The minimum absolute atomic E-state index is 0.169. The monoisotopic (exact) mass is 551 g/mol. The Kier molecular flexibility index (Phi) is 7.07. The Labute approximate surface area is 223 Å². The van der Waals surface area contributed by atoms with E-state index in [4.69, 9.17) is 0 Å². The van der Waals surface area contributed by atoms with Crippen LogP contribution in [-0.4, -0.2) is 36.3 Å². The molecule has 13 heteroatoms. The molecule has 0 aliphatic heterocycles. The van der Waals surface area contributed by atoms with E-state index >= 15 is 0 Å². The van der Waals surface area contributed by atoms with E-state index in [2.05, 4.69) is 30.6 Å². The van der Waals surface area contributed by atoms with Crippen LogP contribution >= 0.6 is 11.3 Å². The molecule has 2 N–H and O–H groups in total. The van der Waals surface area contributed by atoms with Gasteiger partial charge in [-0.1, -0.05) is 18.2 Å². The van der Waals surface area contributed by atoms with E-state index in [0.29, 0.717) is 22.4 Å². The maximum atomic E-state index is 13.2. The van der Waals surface area contributed by atoms with Crippen molar-refractivity contribution in [1.29, 1.82) is 0 Å². The normalized spacial score (nSPS) is 12.3. The number of hydrogen-bond donors (Lipinski definition) is 2. The van der Waals surface area contributed by atoms with Gasteiger partial charge >= 0.3 is 6.18 Å². The van der Waals surface area contributed by atoms with Gasteiger partial charge in [-0.2, -0.15) is 13.2 Å². The number of hydrogen-bond acceptors (Lipinski definition) is 7. The Morgan fingerprint density at radius 2 is 1.92 bits per heavy atom. The molecule has 39 heavy (non-hydrogen) atoms. The third-order valence-electron chi connectivity index (χ3n) is 5.95. The number of halogens is 3. The van der Waals surface area contributed by atoms with Crippen molar-refractivity contribution in [3.05, 3.63) is 94.5 Å². The molecule has 0 spiro atoms. The van der Waals surface area contributed by atoms with Crippen LogP contribution in [0, 0.1) is 0 Å². The highest BCUT2D eigenvalue weighted by molar-refractivity contribution is 7.07. The van der Waals surface area contributed by atoms with Crippen LogP contribution in [0.25, 0.3) is 11.0 Å². The fourth-order valence-corrected chi connectivity index (χ4v) is 4.44. The number of anilines is 2. The van der Waals surface area contributed by atoms with Crippen LogP contribution in [0.4, 0.5) is 24.8 Å². The number of fused-ring (bicyclic) bond motifs is 1.